The highest BCUT2D eigenvalue weighted by atomic mass is 32.2. The molecular weight excluding hydrogens is 436 g/mol. The summed E-state index contributed by atoms with van der Waals surface area (Å²) in [6.45, 7) is 5.14. The van der Waals surface area contributed by atoms with Crippen molar-refractivity contribution in [2.24, 2.45) is 10.1 Å². The smallest absolute Gasteiger partial charge is 0.283 e. The number of aryl methyl sites for hydroxylation is 1. The van der Waals surface area contributed by atoms with Gasteiger partial charge in [-0.15, -0.1) is 5.10 Å². The number of amides is 1. The Hall–Kier alpha value is -3.33. The van der Waals surface area contributed by atoms with Crippen molar-refractivity contribution in [3.63, 3.8) is 0 Å². The molecule has 0 spiro atoms. The van der Waals surface area contributed by atoms with Crippen LogP contribution in [0.2, 0.25) is 0 Å². The first-order valence-electron chi connectivity index (χ1n) is 11.2. The van der Waals surface area contributed by atoms with Gasteiger partial charge in [-0.3, -0.25) is 10.2 Å². The topological polar surface area (TPSA) is 86.3 Å². The number of hydrogen-bond acceptors (Lipinski definition) is 6. The summed E-state index contributed by atoms with van der Waals surface area (Å²) in [5, 5.41) is 15.9. The van der Waals surface area contributed by atoms with E-state index in [1.54, 1.807) is 6.08 Å². The second kappa shape index (κ2) is 9.27. The number of likely N-dealkylation sites (tertiary alicyclic amines) is 1. The van der Waals surface area contributed by atoms with E-state index >= 15 is 0 Å². The maximum Gasteiger partial charge on any atom is 0.283 e. The minimum absolute atomic E-state index is 0.0626. The largest absolute Gasteiger partial charge is 0.491 e. The van der Waals surface area contributed by atoms with Crippen LogP contribution in [-0.4, -0.2) is 56.3 Å². The molecule has 4 heterocycles. The standard InChI is InChI=1S/C24H26N6O2S/c1-2-17-8-3-4-10-20(17)32-15-14-28-13-7-9-18(28)16-19-21(25)30-23(26-22(19)31)33-24(27-30)29-11-5-6-12-29/h3-4,7-10,13,16,25H,2,5-6,11-12,14-15H2,1H3/b19-16-,25-21?. The summed E-state index contributed by atoms with van der Waals surface area (Å²) < 4.78 is 8.01. The molecular formula is C24H26N6O2S. The molecule has 33 heavy (non-hydrogen) atoms. The van der Waals surface area contributed by atoms with Gasteiger partial charge in [-0.25, -0.2) is 0 Å². The lowest BCUT2D eigenvalue weighted by molar-refractivity contribution is -0.114. The number of ether oxygens (including phenoxy) is 1. The summed E-state index contributed by atoms with van der Waals surface area (Å²) in [5.74, 6) is 0.557. The van der Waals surface area contributed by atoms with E-state index < -0.39 is 5.91 Å². The molecule has 1 aromatic carbocycles. The number of hydrogen-bond donors (Lipinski definition) is 1. The van der Waals surface area contributed by atoms with Crippen LogP contribution in [0.5, 0.6) is 5.75 Å². The molecule has 1 fully saturated rings. The van der Waals surface area contributed by atoms with E-state index in [0.717, 1.165) is 49.0 Å². The van der Waals surface area contributed by atoms with Crippen LogP contribution in [0.3, 0.4) is 0 Å². The highest BCUT2D eigenvalue weighted by Gasteiger charge is 2.37. The van der Waals surface area contributed by atoms with Gasteiger partial charge < -0.3 is 14.2 Å². The van der Waals surface area contributed by atoms with E-state index in [0.29, 0.717) is 18.3 Å². The predicted octanol–water partition coefficient (Wildman–Crippen LogP) is 3.80. The molecule has 9 heteroatoms. The number of nitrogens with zero attached hydrogens (tertiary/aromatic N) is 5. The number of fused-ring (bicyclic) bond motifs is 1. The van der Waals surface area contributed by atoms with Crippen molar-refractivity contribution in [3.8, 4) is 5.75 Å². The number of nitrogens with one attached hydrogen (secondary N) is 1. The van der Waals surface area contributed by atoms with Crippen molar-refractivity contribution in [1.82, 2.24) is 14.5 Å². The molecule has 2 aromatic rings. The van der Waals surface area contributed by atoms with Gasteiger partial charge in [0, 0.05) is 25.0 Å². The Morgan fingerprint density at radius 2 is 1.97 bits per heavy atom. The van der Waals surface area contributed by atoms with Crippen LogP contribution in [0, 0.1) is 5.41 Å². The molecule has 3 aliphatic heterocycles. The minimum atomic E-state index is -0.405. The Morgan fingerprint density at radius 1 is 1.15 bits per heavy atom. The number of hydrazone groups is 1. The SMILES string of the molecule is CCc1ccccc1OCCn1cccc1/C=C1/C(=N)N2N=C(N3CCCC3)SC2=NC1=O. The molecule has 5 rings (SSSR count). The van der Waals surface area contributed by atoms with E-state index in [2.05, 4.69) is 28.0 Å². The number of aromatic nitrogens is 1. The number of amidine groups is 3. The summed E-state index contributed by atoms with van der Waals surface area (Å²) >= 11 is 1.37. The number of benzene rings is 1. The number of thioether (sulfide) groups is 1. The quantitative estimate of drug-likeness (QED) is 0.660. The van der Waals surface area contributed by atoms with Crippen molar-refractivity contribution in [2.75, 3.05) is 19.7 Å². The van der Waals surface area contributed by atoms with Crippen LogP contribution in [0.25, 0.3) is 6.08 Å². The van der Waals surface area contributed by atoms with Gasteiger partial charge in [0.2, 0.25) is 5.17 Å². The van der Waals surface area contributed by atoms with E-state index in [1.807, 2.05) is 41.1 Å². The Labute approximate surface area is 197 Å². The molecule has 0 radical (unpaired) electrons. The van der Waals surface area contributed by atoms with Crippen LogP contribution >= 0.6 is 11.8 Å². The lowest BCUT2D eigenvalue weighted by Gasteiger charge is -2.20. The maximum atomic E-state index is 12.7. The Morgan fingerprint density at radius 3 is 2.79 bits per heavy atom. The number of para-hydroxylation sites is 1. The molecule has 0 atom stereocenters. The summed E-state index contributed by atoms with van der Waals surface area (Å²) in [4.78, 5) is 19.1. The summed E-state index contributed by atoms with van der Waals surface area (Å²) in [5.41, 5.74) is 2.24. The first-order valence-corrected chi connectivity index (χ1v) is 12.1. The molecule has 1 N–H and O–H groups in total. The molecule has 170 valence electrons. The Kier molecular flexibility index (Phi) is 6.04. The van der Waals surface area contributed by atoms with Gasteiger partial charge in [0.15, 0.2) is 11.0 Å². The van der Waals surface area contributed by atoms with Gasteiger partial charge >= 0.3 is 0 Å². The van der Waals surface area contributed by atoms with Gasteiger partial charge in [-0.2, -0.15) is 10.0 Å². The van der Waals surface area contributed by atoms with E-state index in [-0.39, 0.29) is 11.4 Å². The van der Waals surface area contributed by atoms with Gasteiger partial charge in [-0.05, 0) is 60.9 Å². The van der Waals surface area contributed by atoms with Gasteiger partial charge in [0.1, 0.15) is 12.4 Å². The maximum absolute atomic E-state index is 12.7. The summed E-state index contributed by atoms with van der Waals surface area (Å²) in [7, 11) is 0. The van der Waals surface area contributed by atoms with E-state index in [1.165, 1.54) is 22.3 Å². The molecule has 1 aromatic heterocycles. The first-order chi connectivity index (χ1) is 16.1. The van der Waals surface area contributed by atoms with Crippen molar-refractivity contribution in [3.05, 3.63) is 59.4 Å². The fourth-order valence-corrected chi connectivity index (χ4v) is 5.06. The highest BCUT2D eigenvalue weighted by molar-refractivity contribution is 8.26. The summed E-state index contributed by atoms with van der Waals surface area (Å²) in [6.07, 6.45) is 6.86. The van der Waals surface area contributed by atoms with Crippen LogP contribution < -0.4 is 4.74 Å². The molecule has 0 bridgehead atoms. The van der Waals surface area contributed by atoms with Crippen molar-refractivity contribution < 1.29 is 9.53 Å². The zero-order valence-electron chi connectivity index (χ0n) is 18.5. The average Bonchev–Trinajstić information content (AvgIpc) is 3.58. The zero-order chi connectivity index (χ0) is 22.8. The predicted molar refractivity (Wildman–Crippen MR) is 132 cm³/mol. The third kappa shape index (κ3) is 4.32. The van der Waals surface area contributed by atoms with Gasteiger partial charge in [-0.1, -0.05) is 25.1 Å². The molecule has 0 saturated carbocycles. The van der Waals surface area contributed by atoms with Crippen LogP contribution in [0.4, 0.5) is 0 Å². The third-order valence-electron chi connectivity index (χ3n) is 5.92. The van der Waals surface area contributed by atoms with Crippen molar-refractivity contribution >= 4 is 39.9 Å². The van der Waals surface area contributed by atoms with Crippen molar-refractivity contribution in [1.29, 1.82) is 5.41 Å². The molecule has 0 unspecified atom stereocenters. The molecule has 8 nitrogen and oxygen atoms in total. The number of carbonyl (C=O) groups is 1. The number of rotatable bonds is 6. The van der Waals surface area contributed by atoms with Crippen LogP contribution in [0.15, 0.2) is 58.3 Å². The van der Waals surface area contributed by atoms with Gasteiger partial charge in [0.05, 0.1) is 12.1 Å². The lowest BCUT2D eigenvalue weighted by Crippen LogP contribution is -2.35. The molecule has 1 amide bonds. The Bertz CT molecular complexity index is 1180. The minimum Gasteiger partial charge on any atom is -0.491 e. The fraction of sp³-hybridized carbons (Fsp3) is 0.333. The van der Waals surface area contributed by atoms with Crippen LogP contribution in [-0.2, 0) is 17.8 Å². The summed E-state index contributed by atoms with van der Waals surface area (Å²) in [6, 6.07) is 11.9. The zero-order valence-corrected chi connectivity index (χ0v) is 19.3. The lowest BCUT2D eigenvalue weighted by atomic mass is 10.1. The highest BCUT2D eigenvalue weighted by Crippen LogP contribution is 2.30. The fourth-order valence-electron chi connectivity index (χ4n) is 4.12. The van der Waals surface area contributed by atoms with Gasteiger partial charge in [0.25, 0.3) is 5.91 Å². The van der Waals surface area contributed by atoms with E-state index in [9.17, 15) is 4.79 Å². The third-order valence-corrected chi connectivity index (χ3v) is 6.89. The molecule has 3 aliphatic rings. The number of carbonyl (C=O) groups excluding carboxylic acids is 1. The van der Waals surface area contributed by atoms with Crippen molar-refractivity contribution in [2.45, 2.75) is 32.7 Å². The monoisotopic (exact) mass is 462 g/mol. The number of aliphatic imine (C=N–C) groups is 1. The normalized spacial score (nSPS) is 19.2. The van der Waals surface area contributed by atoms with E-state index in [4.69, 9.17) is 10.1 Å². The molecule has 1 saturated heterocycles. The van der Waals surface area contributed by atoms with Crippen LogP contribution in [0.1, 0.15) is 31.0 Å². The second-order valence-corrected chi connectivity index (χ2v) is 8.97. The second-order valence-electron chi connectivity index (χ2n) is 8.03. The average molecular weight is 463 g/mol. The molecule has 0 aliphatic carbocycles. The first kappa shape index (κ1) is 21.5. The Balaban J connectivity index is 1.30.